The second-order valence-corrected chi connectivity index (χ2v) is 6.36. The maximum absolute atomic E-state index is 12.3. The van der Waals surface area contributed by atoms with E-state index in [1.54, 1.807) is 0 Å². The zero-order chi connectivity index (χ0) is 14.0. The monoisotopic (exact) mass is 276 g/mol. The molecule has 1 aliphatic carbocycles. The first-order chi connectivity index (χ1) is 9.67. The smallest absolute Gasteiger partial charge is 0.170 e. The number of ether oxygens (including phenoxy) is 1. The number of rotatable bonds is 4. The minimum Gasteiger partial charge on any atom is -0.367 e. The lowest BCUT2D eigenvalue weighted by Gasteiger charge is -2.22. The van der Waals surface area contributed by atoms with E-state index in [1.165, 1.54) is 32.1 Å². The molecule has 1 aromatic rings. The Balaban J connectivity index is 1.63. The van der Waals surface area contributed by atoms with E-state index in [9.17, 15) is 4.79 Å². The summed E-state index contributed by atoms with van der Waals surface area (Å²) in [5.74, 6) is 0.170. The Bertz CT molecular complexity index is 469. The topological polar surface area (TPSA) is 44.1 Å². The van der Waals surface area contributed by atoms with Gasteiger partial charge in [-0.05, 0) is 38.7 Å². The number of carbonyl (C=O) groups excluding carboxylic acids is 1. The van der Waals surface area contributed by atoms with Crippen molar-refractivity contribution in [1.29, 1.82) is 0 Å². The zero-order valence-corrected chi connectivity index (χ0v) is 12.3. The van der Waals surface area contributed by atoms with Gasteiger partial charge < -0.3 is 4.74 Å². The lowest BCUT2D eigenvalue weighted by atomic mass is 9.94. The van der Waals surface area contributed by atoms with Gasteiger partial charge in [-0.25, -0.2) is 0 Å². The molecule has 2 fully saturated rings. The summed E-state index contributed by atoms with van der Waals surface area (Å²) in [4.78, 5) is 12.3. The third-order valence-electron chi connectivity index (χ3n) is 4.76. The van der Waals surface area contributed by atoms with Crippen LogP contribution in [0.2, 0.25) is 0 Å². The average Bonchev–Trinajstić information content (AvgIpc) is 3.10. The van der Waals surface area contributed by atoms with Crippen molar-refractivity contribution >= 4 is 5.78 Å². The Kier molecular flexibility index (Phi) is 3.92. The predicted octanol–water partition coefficient (Wildman–Crippen LogP) is 3.07. The molecule has 1 aromatic heterocycles. The first kappa shape index (κ1) is 13.8. The molecular weight excluding hydrogens is 252 g/mol. The van der Waals surface area contributed by atoms with E-state index in [2.05, 4.69) is 9.78 Å². The number of hydrogen-bond donors (Lipinski definition) is 0. The highest BCUT2D eigenvalue weighted by molar-refractivity contribution is 5.88. The first-order valence-corrected chi connectivity index (χ1v) is 7.89. The summed E-state index contributed by atoms with van der Waals surface area (Å²) in [6.45, 7) is 2.62. The summed E-state index contributed by atoms with van der Waals surface area (Å²) < 4.78 is 7.68. The van der Waals surface area contributed by atoms with Crippen molar-refractivity contribution in [1.82, 2.24) is 9.78 Å². The van der Waals surface area contributed by atoms with Gasteiger partial charge in [0.2, 0.25) is 0 Å². The van der Waals surface area contributed by atoms with Gasteiger partial charge in [0.05, 0.1) is 18.2 Å². The molecule has 0 spiro atoms. The maximum Gasteiger partial charge on any atom is 0.170 e. The lowest BCUT2D eigenvalue weighted by molar-refractivity contribution is -0.136. The van der Waals surface area contributed by atoms with Crippen molar-refractivity contribution < 1.29 is 9.53 Å². The number of ketones is 1. The van der Waals surface area contributed by atoms with E-state index in [1.807, 2.05) is 19.2 Å². The number of nitrogens with zero attached hydrogens (tertiary/aromatic N) is 2. The quantitative estimate of drug-likeness (QED) is 0.849. The van der Waals surface area contributed by atoms with Gasteiger partial charge in [-0.1, -0.05) is 19.3 Å². The SMILES string of the molecule is CC1(C(=O)Cc2ccn(C3CCCCC3)n2)CCCO1. The summed E-state index contributed by atoms with van der Waals surface area (Å²) in [6.07, 6.45) is 10.6. The van der Waals surface area contributed by atoms with Gasteiger partial charge in [0.1, 0.15) is 5.60 Å². The maximum atomic E-state index is 12.3. The Morgan fingerprint density at radius 2 is 2.20 bits per heavy atom. The van der Waals surface area contributed by atoms with Crippen LogP contribution in [0.5, 0.6) is 0 Å². The van der Waals surface area contributed by atoms with Crippen LogP contribution in [0.25, 0.3) is 0 Å². The molecule has 1 aliphatic heterocycles. The molecule has 1 saturated heterocycles. The van der Waals surface area contributed by atoms with Gasteiger partial charge in [0.15, 0.2) is 5.78 Å². The largest absolute Gasteiger partial charge is 0.367 e. The Labute approximate surface area is 120 Å². The zero-order valence-electron chi connectivity index (χ0n) is 12.3. The highest BCUT2D eigenvalue weighted by Gasteiger charge is 2.37. The highest BCUT2D eigenvalue weighted by Crippen LogP contribution is 2.29. The molecule has 3 rings (SSSR count). The molecule has 2 heterocycles. The fourth-order valence-corrected chi connectivity index (χ4v) is 3.37. The molecule has 4 heteroatoms. The van der Waals surface area contributed by atoms with Crippen LogP contribution < -0.4 is 0 Å². The standard InChI is InChI=1S/C16H24N2O2/c1-16(9-5-11-20-16)15(19)12-13-8-10-18(17-13)14-6-3-2-4-7-14/h8,10,14H,2-7,9,11-12H2,1H3. The highest BCUT2D eigenvalue weighted by atomic mass is 16.5. The van der Waals surface area contributed by atoms with Gasteiger partial charge in [-0.2, -0.15) is 5.10 Å². The van der Waals surface area contributed by atoms with Gasteiger partial charge in [-0.3, -0.25) is 9.48 Å². The van der Waals surface area contributed by atoms with Gasteiger partial charge in [0, 0.05) is 12.8 Å². The Morgan fingerprint density at radius 1 is 1.40 bits per heavy atom. The molecule has 20 heavy (non-hydrogen) atoms. The number of carbonyl (C=O) groups is 1. The predicted molar refractivity (Wildman–Crippen MR) is 76.7 cm³/mol. The second-order valence-electron chi connectivity index (χ2n) is 6.36. The molecule has 0 N–H and O–H groups in total. The van der Waals surface area contributed by atoms with Crippen molar-refractivity contribution in [2.24, 2.45) is 0 Å². The number of hydrogen-bond acceptors (Lipinski definition) is 3. The second kappa shape index (κ2) is 5.68. The van der Waals surface area contributed by atoms with Crippen LogP contribution in [0, 0.1) is 0 Å². The van der Waals surface area contributed by atoms with E-state index in [4.69, 9.17) is 4.74 Å². The van der Waals surface area contributed by atoms with Crippen LogP contribution in [0.4, 0.5) is 0 Å². The molecule has 0 radical (unpaired) electrons. The lowest BCUT2D eigenvalue weighted by Crippen LogP contribution is -2.35. The summed E-state index contributed by atoms with van der Waals surface area (Å²) in [6, 6.07) is 2.52. The number of aromatic nitrogens is 2. The Morgan fingerprint density at radius 3 is 2.90 bits per heavy atom. The Hall–Kier alpha value is -1.16. The normalized spacial score (nSPS) is 27.9. The van der Waals surface area contributed by atoms with E-state index >= 15 is 0 Å². The van der Waals surface area contributed by atoms with E-state index in [0.717, 1.165) is 18.5 Å². The van der Waals surface area contributed by atoms with Crippen LogP contribution >= 0.6 is 0 Å². The van der Waals surface area contributed by atoms with Crippen molar-refractivity contribution in [2.45, 2.75) is 69.9 Å². The van der Waals surface area contributed by atoms with Gasteiger partial charge in [-0.15, -0.1) is 0 Å². The molecule has 2 aliphatic rings. The molecule has 1 unspecified atom stereocenters. The molecule has 0 bridgehead atoms. The third kappa shape index (κ3) is 2.80. The van der Waals surface area contributed by atoms with Crippen molar-refractivity contribution in [3.63, 3.8) is 0 Å². The van der Waals surface area contributed by atoms with Crippen molar-refractivity contribution in [3.05, 3.63) is 18.0 Å². The van der Waals surface area contributed by atoms with Crippen LogP contribution in [0.1, 0.15) is 63.6 Å². The summed E-state index contributed by atoms with van der Waals surface area (Å²) in [7, 11) is 0. The average molecular weight is 276 g/mol. The summed E-state index contributed by atoms with van der Waals surface area (Å²) in [5, 5.41) is 4.62. The molecule has 4 nitrogen and oxygen atoms in total. The van der Waals surface area contributed by atoms with E-state index in [0.29, 0.717) is 19.1 Å². The molecule has 1 saturated carbocycles. The molecule has 0 amide bonds. The van der Waals surface area contributed by atoms with E-state index in [-0.39, 0.29) is 5.78 Å². The fourth-order valence-electron chi connectivity index (χ4n) is 3.37. The minimum atomic E-state index is -0.575. The van der Waals surface area contributed by atoms with Gasteiger partial charge in [0.25, 0.3) is 0 Å². The molecule has 1 atom stereocenters. The molecular formula is C16H24N2O2. The fraction of sp³-hybridized carbons (Fsp3) is 0.750. The van der Waals surface area contributed by atoms with Crippen LogP contribution in [-0.2, 0) is 16.0 Å². The minimum absolute atomic E-state index is 0.170. The number of Topliss-reactive ketones (excluding diaryl/α,β-unsaturated/α-hetero) is 1. The van der Waals surface area contributed by atoms with Crippen LogP contribution in [0.3, 0.4) is 0 Å². The third-order valence-corrected chi connectivity index (χ3v) is 4.76. The molecule has 110 valence electrons. The summed E-state index contributed by atoms with van der Waals surface area (Å²) >= 11 is 0. The first-order valence-electron chi connectivity index (χ1n) is 7.89. The van der Waals surface area contributed by atoms with E-state index < -0.39 is 5.60 Å². The van der Waals surface area contributed by atoms with Crippen molar-refractivity contribution in [3.8, 4) is 0 Å². The van der Waals surface area contributed by atoms with Crippen LogP contribution in [0.15, 0.2) is 12.3 Å². The summed E-state index contributed by atoms with van der Waals surface area (Å²) in [5.41, 5.74) is 0.312. The van der Waals surface area contributed by atoms with Crippen LogP contribution in [-0.4, -0.2) is 27.8 Å². The van der Waals surface area contributed by atoms with Crippen molar-refractivity contribution in [2.75, 3.05) is 6.61 Å². The van der Waals surface area contributed by atoms with Gasteiger partial charge >= 0.3 is 0 Å². The molecule has 0 aromatic carbocycles.